The van der Waals surface area contributed by atoms with Crippen molar-refractivity contribution in [1.29, 1.82) is 5.26 Å². The molecule has 0 bridgehead atoms. The molecule has 0 amide bonds. The Labute approximate surface area is 108 Å². The molecule has 2 aromatic rings. The van der Waals surface area contributed by atoms with Gasteiger partial charge in [-0.25, -0.2) is 14.4 Å². The molecule has 6 heteroatoms. The highest BCUT2D eigenvalue weighted by Gasteiger charge is 2.07. The molecule has 90 valence electrons. The van der Waals surface area contributed by atoms with Gasteiger partial charge in [-0.1, -0.05) is 17.7 Å². The summed E-state index contributed by atoms with van der Waals surface area (Å²) >= 11 is 5.90. The number of aromatic nitrogens is 2. The third-order valence-corrected chi connectivity index (χ3v) is 2.70. The lowest BCUT2D eigenvalue weighted by molar-refractivity contribution is 0.627. The Balaban J connectivity index is 2.29. The number of nitriles is 1. The third kappa shape index (κ3) is 2.55. The minimum Gasteiger partial charge on any atom is -0.382 e. The Morgan fingerprint density at radius 3 is 2.83 bits per heavy atom. The molecule has 0 atom stereocenters. The van der Waals surface area contributed by atoms with Crippen molar-refractivity contribution < 1.29 is 4.39 Å². The number of hydrogen-bond donors (Lipinski definition) is 1. The molecule has 18 heavy (non-hydrogen) atoms. The number of nitrogen functional groups attached to an aromatic ring is 1. The Morgan fingerprint density at radius 2 is 2.22 bits per heavy atom. The summed E-state index contributed by atoms with van der Waals surface area (Å²) in [5.74, 6) is 0.157. The van der Waals surface area contributed by atoms with E-state index < -0.39 is 5.82 Å². The van der Waals surface area contributed by atoms with Crippen LogP contribution in [-0.4, -0.2) is 9.97 Å². The van der Waals surface area contributed by atoms with Crippen LogP contribution in [0.25, 0.3) is 0 Å². The van der Waals surface area contributed by atoms with E-state index in [1.807, 2.05) is 6.07 Å². The first-order chi connectivity index (χ1) is 8.60. The van der Waals surface area contributed by atoms with Crippen LogP contribution < -0.4 is 5.73 Å². The fourth-order valence-electron chi connectivity index (χ4n) is 1.44. The van der Waals surface area contributed by atoms with Crippen molar-refractivity contribution in [1.82, 2.24) is 9.97 Å². The number of nitrogens with two attached hydrogens (primary N) is 1. The fourth-order valence-corrected chi connectivity index (χ4v) is 1.67. The number of nitrogens with zero attached hydrogens (tertiary/aromatic N) is 3. The fraction of sp³-hybridized carbons (Fsp3) is 0.0833. The molecule has 1 aromatic heterocycles. The monoisotopic (exact) mass is 262 g/mol. The van der Waals surface area contributed by atoms with Gasteiger partial charge in [0.1, 0.15) is 29.1 Å². The van der Waals surface area contributed by atoms with Gasteiger partial charge in [0.05, 0.1) is 6.20 Å². The summed E-state index contributed by atoms with van der Waals surface area (Å²) in [4.78, 5) is 8.00. The van der Waals surface area contributed by atoms with Crippen molar-refractivity contribution in [2.75, 3.05) is 5.73 Å². The van der Waals surface area contributed by atoms with Gasteiger partial charge in [0.25, 0.3) is 0 Å². The smallest absolute Gasteiger partial charge is 0.145 e. The molecule has 0 aliphatic rings. The number of benzene rings is 1. The van der Waals surface area contributed by atoms with Crippen molar-refractivity contribution in [2.45, 2.75) is 6.42 Å². The van der Waals surface area contributed by atoms with Crippen molar-refractivity contribution in [2.24, 2.45) is 0 Å². The molecule has 2 N–H and O–H groups in total. The summed E-state index contributed by atoms with van der Waals surface area (Å²) in [7, 11) is 0. The number of rotatable bonds is 2. The van der Waals surface area contributed by atoms with Crippen LogP contribution in [0.15, 0.2) is 24.4 Å². The van der Waals surface area contributed by atoms with Crippen LogP contribution in [-0.2, 0) is 6.42 Å². The maximum Gasteiger partial charge on any atom is 0.145 e. The zero-order valence-electron chi connectivity index (χ0n) is 9.19. The first-order valence-electron chi connectivity index (χ1n) is 5.05. The lowest BCUT2D eigenvalue weighted by Gasteiger charge is -2.04. The van der Waals surface area contributed by atoms with E-state index in [4.69, 9.17) is 22.6 Å². The molecule has 0 radical (unpaired) electrons. The minimum atomic E-state index is -0.399. The summed E-state index contributed by atoms with van der Waals surface area (Å²) in [6.07, 6.45) is 1.68. The normalized spacial score (nSPS) is 10.1. The maximum absolute atomic E-state index is 12.9. The van der Waals surface area contributed by atoms with Gasteiger partial charge in [-0.15, -0.1) is 0 Å². The molecule has 4 nitrogen and oxygen atoms in total. The first kappa shape index (κ1) is 12.3. The molecule has 0 saturated heterocycles. The average Bonchev–Trinajstić information content (AvgIpc) is 2.33. The predicted octanol–water partition coefficient (Wildman–Crippen LogP) is 2.31. The van der Waals surface area contributed by atoms with Crippen LogP contribution in [0.5, 0.6) is 0 Å². The Morgan fingerprint density at radius 1 is 1.44 bits per heavy atom. The van der Waals surface area contributed by atoms with Crippen molar-refractivity contribution in [3.63, 3.8) is 0 Å². The molecular formula is C12H8ClFN4. The van der Waals surface area contributed by atoms with Crippen LogP contribution >= 0.6 is 11.6 Å². The second-order valence-electron chi connectivity index (χ2n) is 3.61. The Hall–Kier alpha value is -2.19. The molecule has 0 saturated carbocycles. The second-order valence-corrected chi connectivity index (χ2v) is 4.02. The van der Waals surface area contributed by atoms with E-state index in [0.29, 0.717) is 22.8 Å². The van der Waals surface area contributed by atoms with Crippen LogP contribution in [0.2, 0.25) is 5.02 Å². The Bertz CT molecular complexity index is 636. The largest absolute Gasteiger partial charge is 0.382 e. The first-order valence-corrected chi connectivity index (χ1v) is 5.43. The molecule has 0 unspecified atom stereocenters. The van der Waals surface area contributed by atoms with Gasteiger partial charge in [-0.2, -0.15) is 5.26 Å². The van der Waals surface area contributed by atoms with Crippen LogP contribution in [0.3, 0.4) is 0 Å². The third-order valence-electron chi connectivity index (χ3n) is 2.35. The summed E-state index contributed by atoms with van der Waals surface area (Å²) in [6.45, 7) is 0. The topological polar surface area (TPSA) is 75.6 Å². The van der Waals surface area contributed by atoms with E-state index in [2.05, 4.69) is 9.97 Å². The van der Waals surface area contributed by atoms with E-state index >= 15 is 0 Å². The zero-order chi connectivity index (χ0) is 13.1. The molecular weight excluding hydrogens is 255 g/mol. The average molecular weight is 263 g/mol. The standard InChI is InChI=1S/C12H8ClFN4/c13-10-4-9(14)2-1-7(10)3-11-17-6-8(5-15)12(16)18-11/h1-2,4,6H,3H2,(H2,16,17,18). The SMILES string of the molecule is N#Cc1cnc(Cc2ccc(F)cc2Cl)nc1N. The van der Waals surface area contributed by atoms with Gasteiger partial charge < -0.3 is 5.73 Å². The quantitative estimate of drug-likeness (QED) is 0.901. The summed E-state index contributed by atoms with van der Waals surface area (Å²) in [6, 6.07) is 5.98. The lowest BCUT2D eigenvalue weighted by Crippen LogP contribution is -2.03. The van der Waals surface area contributed by atoms with E-state index in [1.54, 1.807) is 6.07 Å². The van der Waals surface area contributed by atoms with E-state index in [9.17, 15) is 4.39 Å². The minimum absolute atomic E-state index is 0.126. The van der Waals surface area contributed by atoms with Gasteiger partial charge in [0.2, 0.25) is 0 Å². The highest BCUT2D eigenvalue weighted by atomic mass is 35.5. The van der Waals surface area contributed by atoms with Crippen LogP contribution in [0.4, 0.5) is 10.2 Å². The predicted molar refractivity (Wildman–Crippen MR) is 65.4 cm³/mol. The number of anilines is 1. The highest BCUT2D eigenvalue weighted by molar-refractivity contribution is 6.31. The molecule has 0 spiro atoms. The number of hydrogen-bond acceptors (Lipinski definition) is 4. The van der Waals surface area contributed by atoms with Gasteiger partial charge in [0, 0.05) is 11.4 Å². The molecule has 2 rings (SSSR count). The van der Waals surface area contributed by atoms with Crippen molar-refractivity contribution >= 4 is 17.4 Å². The molecule has 1 heterocycles. The lowest BCUT2D eigenvalue weighted by atomic mass is 10.1. The summed E-state index contributed by atoms with van der Waals surface area (Å²) < 4.78 is 12.9. The van der Waals surface area contributed by atoms with Gasteiger partial charge >= 0.3 is 0 Å². The van der Waals surface area contributed by atoms with Gasteiger partial charge in [-0.05, 0) is 17.7 Å². The molecule has 0 aliphatic carbocycles. The molecule has 0 aliphatic heterocycles. The summed E-state index contributed by atoms with van der Waals surface area (Å²) in [5, 5.41) is 9.01. The van der Waals surface area contributed by atoms with Gasteiger partial charge in [0.15, 0.2) is 0 Å². The van der Waals surface area contributed by atoms with Crippen molar-refractivity contribution in [3.05, 3.63) is 52.2 Å². The van der Waals surface area contributed by atoms with Gasteiger partial charge in [-0.3, -0.25) is 0 Å². The molecule has 1 aromatic carbocycles. The second kappa shape index (κ2) is 4.98. The highest BCUT2D eigenvalue weighted by Crippen LogP contribution is 2.19. The van der Waals surface area contributed by atoms with E-state index in [1.165, 1.54) is 18.3 Å². The molecule has 0 fully saturated rings. The Kier molecular flexibility index (Phi) is 3.40. The zero-order valence-corrected chi connectivity index (χ0v) is 9.95. The van der Waals surface area contributed by atoms with Crippen LogP contribution in [0.1, 0.15) is 17.0 Å². The summed E-state index contributed by atoms with van der Waals surface area (Å²) in [5.41, 5.74) is 6.50. The van der Waals surface area contributed by atoms with E-state index in [0.717, 1.165) is 0 Å². The number of halogens is 2. The maximum atomic E-state index is 12.9. The van der Waals surface area contributed by atoms with E-state index in [-0.39, 0.29) is 11.4 Å². The van der Waals surface area contributed by atoms with Crippen molar-refractivity contribution in [3.8, 4) is 6.07 Å². The van der Waals surface area contributed by atoms with Crippen LogP contribution in [0, 0.1) is 17.1 Å².